The van der Waals surface area contributed by atoms with Crippen molar-refractivity contribution in [2.45, 2.75) is 25.1 Å². The number of benzene rings is 1. The topological polar surface area (TPSA) is 39.3 Å². The van der Waals surface area contributed by atoms with Crippen LogP contribution in [0.4, 0.5) is 0 Å². The van der Waals surface area contributed by atoms with E-state index in [2.05, 4.69) is 46.0 Å². The van der Waals surface area contributed by atoms with Crippen LogP contribution in [0.15, 0.2) is 24.3 Å². The minimum atomic E-state index is 0.154. The van der Waals surface area contributed by atoms with Gasteiger partial charge in [-0.1, -0.05) is 18.2 Å². The maximum atomic E-state index is 12.4. The predicted octanol–water partition coefficient (Wildman–Crippen LogP) is 3.15. The summed E-state index contributed by atoms with van der Waals surface area (Å²) in [6.07, 6.45) is 2.60. The molecule has 4 rings (SSSR count). The van der Waals surface area contributed by atoms with Crippen LogP contribution in [-0.2, 0) is 4.79 Å². The first-order chi connectivity index (χ1) is 11.2. The molecule has 23 heavy (non-hydrogen) atoms. The Morgan fingerprint density at radius 2 is 2.00 bits per heavy atom. The van der Waals surface area contributed by atoms with Crippen LogP contribution in [0.25, 0.3) is 10.9 Å². The van der Waals surface area contributed by atoms with Crippen LogP contribution in [0.3, 0.4) is 0 Å². The number of para-hydroxylation sites is 1. The lowest BCUT2D eigenvalue weighted by molar-refractivity contribution is -0.128. The minimum absolute atomic E-state index is 0.154. The van der Waals surface area contributed by atoms with Gasteiger partial charge in [0.2, 0.25) is 5.91 Å². The van der Waals surface area contributed by atoms with Crippen molar-refractivity contribution in [1.29, 1.82) is 0 Å². The molecule has 3 heterocycles. The molecule has 0 spiro atoms. The quantitative estimate of drug-likeness (QED) is 0.936. The van der Waals surface area contributed by atoms with Gasteiger partial charge in [-0.3, -0.25) is 4.79 Å². The number of hydrogen-bond acceptors (Lipinski definition) is 3. The van der Waals surface area contributed by atoms with Crippen LogP contribution >= 0.6 is 11.8 Å². The Morgan fingerprint density at radius 1 is 1.22 bits per heavy atom. The molecule has 2 aromatic rings. The maximum absolute atomic E-state index is 12.4. The summed E-state index contributed by atoms with van der Waals surface area (Å²) in [6, 6.07) is 8.41. The number of likely N-dealkylation sites (tertiary alicyclic amines) is 1. The monoisotopic (exact) mass is 329 g/mol. The van der Waals surface area contributed by atoms with E-state index in [0.29, 0.717) is 5.75 Å². The lowest BCUT2D eigenvalue weighted by Gasteiger charge is -2.27. The number of hydrogen-bond donors (Lipinski definition) is 1. The number of H-pyrrole nitrogens is 1. The van der Waals surface area contributed by atoms with Crippen LogP contribution in [0.5, 0.6) is 0 Å². The second-order valence-electron chi connectivity index (χ2n) is 6.51. The van der Waals surface area contributed by atoms with Gasteiger partial charge in [0.05, 0.1) is 5.75 Å². The number of nitrogens with one attached hydrogen (secondary N) is 1. The van der Waals surface area contributed by atoms with E-state index in [0.717, 1.165) is 13.1 Å². The van der Waals surface area contributed by atoms with Crippen LogP contribution in [0.2, 0.25) is 0 Å². The lowest BCUT2D eigenvalue weighted by Crippen LogP contribution is -2.36. The molecule has 0 saturated carbocycles. The predicted molar refractivity (Wildman–Crippen MR) is 95.6 cm³/mol. The van der Waals surface area contributed by atoms with E-state index >= 15 is 0 Å². The van der Waals surface area contributed by atoms with Crippen LogP contribution < -0.4 is 0 Å². The summed E-state index contributed by atoms with van der Waals surface area (Å²) in [4.78, 5) is 20.5. The Labute approximate surface area is 141 Å². The van der Waals surface area contributed by atoms with Crippen molar-refractivity contribution in [3.63, 3.8) is 0 Å². The molecule has 2 saturated heterocycles. The molecule has 1 amide bonds. The Hall–Kier alpha value is -1.46. The molecule has 0 radical (unpaired) electrons. The number of carbonyl (C=O) groups is 1. The largest absolute Gasteiger partial charge is 0.358 e. The van der Waals surface area contributed by atoms with E-state index in [1.54, 1.807) is 11.8 Å². The van der Waals surface area contributed by atoms with E-state index in [-0.39, 0.29) is 11.3 Å². The molecular formula is C18H23N3OS. The number of carbonyl (C=O) groups excluding carboxylic acids is 1. The standard InChI is InChI=1S/C18H23N3OS/c1-13-17(14-6-2-3-7-15(14)19-13)18-21(16(22)12-23-18)11-10-20-8-4-5-9-20/h2-3,6-7,18-19H,4-5,8-12H2,1H3. The second kappa shape index (κ2) is 6.21. The Bertz CT molecular complexity index is 720. The zero-order chi connectivity index (χ0) is 15.8. The van der Waals surface area contributed by atoms with Crippen molar-refractivity contribution >= 4 is 28.6 Å². The van der Waals surface area contributed by atoms with E-state index in [1.165, 1.54) is 48.1 Å². The average molecular weight is 329 g/mol. The number of aryl methyl sites for hydroxylation is 1. The molecule has 5 heteroatoms. The molecule has 1 unspecified atom stereocenters. The maximum Gasteiger partial charge on any atom is 0.233 e. The first-order valence-corrected chi connectivity index (χ1v) is 9.49. The molecule has 1 atom stereocenters. The van der Waals surface area contributed by atoms with Gasteiger partial charge in [0.15, 0.2) is 0 Å². The highest BCUT2D eigenvalue weighted by Crippen LogP contribution is 2.42. The highest BCUT2D eigenvalue weighted by molar-refractivity contribution is 8.00. The van der Waals surface area contributed by atoms with E-state index in [9.17, 15) is 4.79 Å². The number of amides is 1. The Balaban J connectivity index is 1.60. The van der Waals surface area contributed by atoms with Crippen LogP contribution in [0, 0.1) is 6.92 Å². The normalized spacial score (nSPS) is 22.6. The van der Waals surface area contributed by atoms with Crippen molar-refractivity contribution in [2.24, 2.45) is 0 Å². The van der Waals surface area contributed by atoms with E-state index in [4.69, 9.17) is 0 Å². The van der Waals surface area contributed by atoms with Crippen molar-refractivity contribution in [2.75, 3.05) is 31.9 Å². The van der Waals surface area contributed by atoms with Crippen LogP contribution in [-0.4, -0.2) is 52.6 Å². The highest BCUT2D eigenvalue weighted by Gasteiger charge is 2.35. The summed E-state index contributed by atoms with van der Waals surface area (Å²) < 4.78 is 0. The summed E-state index contributed by atoms with van der Waals surface area (Å²) >= 11 is 1.77. The van der Waals surface area contributed by atoms with Crippen molar-refractivity contribution in [3.8, 4) is 0 Å². The molecule has 4 nitrogen and oxygen atoms in total. The van der Waals surface area contributed by atoms with Crippen LogP contribution in [0.1, 0.15) is 29.5 Å². The first kappa shape index (κ1) is 15.1. The number of rotatable bonds is 4. The fraction of sp³-hybridized carbons (Fsp3) is 0.500. The van der Waals surface area contributed by atoms with Gasteiger partial charge >= 0.3 is 0 Å². The highest BCUT2D eigenvalue weighted by atomic mass is 32.2. The van der Waals surface area contributed by atoms with Gasteiger partial charge in [-0.25, -0.2) is 0 Å². The summed E-state index contributed by atoms with van der Waals surface area (Å²) in [5.74, 6) is 0.882. The minimum Gasteiger partial charge on any atom is -0.358 e. The van der Waals surface area contributed by atoms with Gasteiger partial charge in [-0.15, -0.1) is 11.8 Å². The average Bonchev–Trinajstić information content (AvgIpc) is 3.24. The fourth-order valence-electron chi connectivity index (χ4n) is 3.81. The molecule has 0 bridgehead atoms. The Kier molecular flexibility index (Phi) is 4.07. The summed E-state index contributed by atoms with van der Waals surface area (Å²) in [7, 11) is 0. The fourth-order valence-corrected chi connectivity index (χ4v) is 5.15. The first-order valence-electron chi connectivity index (χ1n) is 8.44. The summed E-state index contributed by atoms with van der Waals surface area (Å²) in [5.41, 5.74) is 3.64. The third-order valence-corrected chi connectivity index (χ3v) is 6.23. The van der Waals surface area contributed by atoms with Crippen molar-refractivity contribution in [3.05, 3.63) is 35.5 Å². The van der Waals surface area contributed by atoms with Crippen molar-refractivity contribution < 1.29 is 4.79 Å². The molecule has 2 fully saturated rings. The smallest absolute Gasteiger partial charge is 0.233 e. The molecule has 1 aromatic carbocycles. The van der Waals surface area contributed by atoms with Gasteiger partial charge in [0.25, 0.3) is 0 Å². The summed E-state index contributed by atoms with van der Waals surface area (Å²) in [5, 5.41) is 1.41. The molecule has 122 valence electrons. The molecule has 1 aromatic heterocycles. The molecule has 0 aliphatic carbocycles. The SMILES string of the molecule is Cc1[nH]c2ccccc2c1C1SCC(=O)N1CCN1CCCC1. The summed E-state index contributed by atoms with van der Waals surface area (Å²) in [6.45, 7) is 6.34. The number of thioether (sulfide) groups is 1. The molecule has 2 aliphatic heterocycles. The van der Waals surface area contributed by atoms with Crippen molar-refractivity contribution in [1.82, 2.24) is 14.8 Å². The number of aromatic nitrogens is 1. The number of nitrogens with zero attached hydrogens (tertiary/aromatic N) is 2. The molecular weight excluding hydrogens is 306 g/mol. The third kappa shape index (κ3) is 2.76. The molecule has 1 N–H and O–H groups in total. The number of fused-ring (bicyclic) bond motifs is 1. The van der Waals surface area contributed by atoms with Gasteiger partial charge in [-0.2, -0.15) is 0 Å². The van der Waals surface area contributed by atoms with E-state index in [1.807, 2.05) is 0 Å². The zero-order valence-corrected chi connectivity index (χ0v) is 14.4. The van der Waals surface area contributed by atoms with Gasteiger partial charge in [-0.05, 0) is 38.9 Å². The van der Waals surface area contributed by atoms with Gasteiger partial charge in [0.1, 0.15) is 5.37 Å². The zero-order valence-electron chi connectivity index (χ0n) is 13.5. The van der Waals surface area contributed by atoms with E-state index < -0.39 is 0 Å². The van der Waals surface area contributed by atoms with Gasteiger partial charge < -0.3 is 14.8 Å². The second-order valence-corrected chi connectivity index (χ2v) is 7.58. The number of aromatic amines is 1. The molecule has 2 aliphatic rings. The lowest BCUT2D eigenvalue weighted by atomic mass is 10.1. The Morgan fingerprint density at radius 3 is 2.83 bits per heavy atom. The third-order valence-electron chi connectivity index (χ3n) is 5.01. The van der Waals surface area contributed by atoms with Gasteiger partial charge in [0, 0.05) is 35.2 Å².